The number of hydrogen-bond donors (Lipinski definition) is 0. The molecule has 1 heterocycles. The Hall–Kier alpha value is -2.11. The van der Waals surface area contributed by atoms with Gasteiger partial charge in [-0.05, 0) is 67.5 Å². The van der Waals surface area contributed by atoms with Gasteiger partial charge in [0, 0.05) is 11.1 Å². The van der Waals surface area contributed by atoms with E-state index in [1.165, 1.54) is 16.4 Å². The van der Waals surface area contributed by atoms with Gasteiger partial charge in [-0.3, -0.25) is 4.79 Å². The van der Waals surface area contributed by atoms with Gasteiger partial charge in [0.25, 0.3) is 0 Å². The second kappa shape index (κ2) is 7.20. The fourth-order valence-electron chi connectivity index (χ4n) is 3.41. The van der Waals surface area contributed by atoms with E-state index in [1.807, 2.05) is 26.0 Å². The van der Waals surface area contributed by atoms with Crippen molar-refractivity contribution in [3.05, 3.63) is 93.0 Å². The SMILES string of the molecule is Cc1cc(C)c(C(=O)c2cc[pH]c2CCc2ccccc2)c(C)c1. The highest BCUT2D eigenvalue weighted by molar-refractivity contribution is 7.30. The summed E-state index contributed by atoms with van der Waals surface area (Å²) in [5, 5.41) is 1.29. The van der Waals surface area contributed by atoms with Crippen LogP contribution in [-0.4, -0.2) is 5.78 Å². The minimum Gasteiger partial charge on any atom is -0.289 e. The summed E-state index contributed by atoms with van der Waals surface area (Å²) in [5.74, 6) is 2.33. The van der Waals surface area contributed by atoms with Gasteiger partial charge in [0.1, 0.15) is 0 Å². The third-order valence-electron chi connectivity index (χ3n) is 4.49. The molecule has 3 aromatic rings. The van der Waals surface area contributed by atoms with Crippen LogP contribution < -0.4 is 0 Å². The lowest BCUT2D eigenvalue weighted by Crippen LogP contribution is -2.08. The van der Waals surface area contributed by atoms with Crippen LogP contribution in [0.2, 0.25) is 0 Å². The molecule has 2 heteroatoms. The van der Waals surface area contributed by atoms with Crippen molar-refractivity contribution in [2.45, 2.75) is 33.6 Å². The van der Waals surface area contributed by atoms with Crippen LogP contribution in [-0.2, 0) is 12.8 Å². The van der Waals surface area contributed by atoms with Gasteiger partial charge < -0.3 is 0 Å². The smallest absolute Gasteiger partial charge is 0.194 e. The molecule has 0 amide bonds. The fraction of sp³-hybridized carbons (Fsp3) is 0.227. The summed E-state index contributed by atoms with van der Waals surface area (Å²) in [6.45, 7) is 6.16. The first kappa shape index (κ1) is 16.7. The Morgan fingerprint density at radius 2 is 1.58 bits per heavy atom. The number of benzene rings is 2. The van der Waals surface area contributed by atoms with Crippen molar-refractivity contribution in [2.75, 3.05) is 0 Å². The first-order valence-corrected chi connectivity index (χ1v) is 9.46. The van der Waals surface area contributed by atoms with E-state index < -0.39 is 0 Å². The molecule has 122 valence electrons. The summed E-state index contributed by atoms with van der Waals surface area (Å²) in [6, 6.07) is 16.7. The summed E-state index contributed by atoms with van der Waals surface area (Å²) in [7, 11) is 0.639. The Morgan fingerprint density at radius 1 is 0.917 bits per heavy atom. The van der Waals surface area contributed by atoms with Crippen molar-refractivity contribution in [2.24, 2.45) is 0 Å². The minimum absolute atomic E-state index is 0.189. The van der Waals surface area contributed by atoms with Crippen LogP contribution in [0.5, 0.6) is 0 Å². The average molecular weight is 334 g/mol. The second-order valence-corrected chi connectivity index (χ2v) is 7.68. The van der Waals surface area contributed by atoms with E-state index in [9.17, 15) is 4.79 Å². The first-order chi connectivity index (χ1) is 11.6. The molecule has 0 spiro atoms. The Kier molecular flexibility index (Phi) is 5.02. The van der Waals surface area contributed by atoms with Gasteiger partial charge in [-0.2, -0.15) is 0 Å². The van der Waals surface area contributed by atoms with E-state index in [0.29, 0.717) is 8.19 Å². The summed E-state index contributed by atoms with van der Waals surface area (Å²) < 4.78 is 0. The van der Waals surface area contributed by atoms with Crippen LogP contribution in [0.1, 0.15) is 43.5 Å². The highest BCUT2D eigenvalue weighted by atomic mass is 31.0. The average Bonchev–Trinajstić information content (AvgIpc) is 3.01. The quantitative estimate of drug-likeness (QED) is 0.550. The van der Waals surface area contributed by atoms with Gasteiger partial charge in [-0.15, -0.1) is 8.19 Å². The van der Waals surface area contributed by atoms with Crippen LogP contribution in [0, 0.1) is 20.8 Å². The molecule has 0 aliphatic heterocycles. The molecule has 0 fully saturated rings. The van der Waals surface area contributed by atoms with Crippen LogP contribution in [0.4, 0.5) is 0 Å². The van der Waals surface area contributed by atoms with Gasteiger partial charge >= 0.3 is 0 Å². The number of hydrogen-bond acceptors (Lipinski definition) is 1. The van der Waals surface area contributed by atoms with Gasteiger partial charge in [0.2, 0.25) is 0 Å². The Labute approximate surface area is 145 Å². The highest BCUT2D eigenvalue weighted by Gasteiger charge is 2.18. The maximum atomic E-state index is 13.1. The molecule has 0 N–H and O–H groups in total. The van der Waals surface area contributed by atoms with Crippen molar-refractivity contribution >= 4 is 14.0 Å². The number of rotatable bonds is 5. The van der Waals surface area contributed by atoms with E-state index in [0.717, 1.165) is 35.1 Å². The fourth-order valence-corrected chi connectivity index (χ4v) is 4.48. The molecule has 2 aromatic carbocycles. The van der Waals surface area contributed by atoms with E-state index >= 15 is 0 Å². The molecule has 0 aliphatic carbocycles. The summed E-state index contributed by atoms with van der Waals surface area (Å²) in [4.78, 5) is 13.1. The molecule has 1 aromatic heterocycles. The minimum atomic E-state index is 0.189. The number of carbonyl (C=O) groups is 1. The highest BCUT2D eigenvalue weighted by Crippen LogP contribution is 2.28. The van der Waals surface area contributed by atoms with E-state index in [1.54, 1.807) is 0 Å². The molecule has 1 atom stereocenters. The van der Waals surface area contributed by atoms with Crippen molar-refractivity contribution in [3.8, 4) is 0 Å². The van der Waals surface area contributed by atoms with E-state index in [-0.39, 0.29) is 5.78 Å². The van der Waals surface area contributed by atoms with Gasteiger partial charge in [-0.25, -0.2) is 0 Å². The van der Waals surface area contributed by atoms with Gasteiger partial charge in [0.15, 0.2) is 5.78 Å². The number of carbonyl (C=O) groups excluding carboxylic acids is 1. The zero-order chi connectivity index (χ0) is 17.1. The monoisotopic (exact) mass is 334 g/mol. The van der Waals surface area contributed by atoms with Crippen molar-refractivity contribution in [1.82, 2.24) is 0 Å². The third kappa shape index (κ3) is 3.52. The first-order valence-electron chi connectivity index (χ1n) is 8.39. The zero-order valence-corrected chi connectivity index (χ0v) is 15.5. The number of ketones is 1. The predicted molar refractivity (Wildman–Crippen MR) is 104 cm³/mol. The third-order valence-corrected chi connectivity index (χ3v) is 5.69. The molecule has 0 aliphatic rings. The van der Waals surface area contributed by atoms with Crippen LogP contribution in [0.15, 0.2) is 54.3 Å². The normalized spacial score (nSPS) is 11.1. The Bertz CT molecular complexity index is 836. The van der Waals surface area contributed by atoms with Crippen LogP contribution in [0.25, 0.3) is 0 Å². The van der Waals surface area contributed by atoms with Crippen molar-refractivity contribution in [3.63, 3.8) is 0 Å². The standard InChI is InChI=1S/C22H23OP/c1-15-13-16(2)21(17(3)14-15)22(23)19-11-12-24-20(19)10-9-18-7-5-4-6-8-18/h4-8,11-14,24H,9-10H2,1-3H3. The Balaban J connectivity index is 1.86. The van der Waals surface area contributed by atoms with Gasteiger partial charge in [0.05, 0.1) is 0 Å². The van der Waals surface area contributed by atoms with Gasteiger partial charge in [-0.1, -0.05) is 48.0 Å². The van der Waals surface area contributed by atoms with Crippen LogP contribution >= 0.6 is 8.19 Å². The summed E-state index contributed by atoms with van der Waals surface area (Å²) >= 11 is 0. The lowest BCUT2D eigenvalue weighted by atomic mass is 9.92. The Morgan fingerprint density at radius 3 is 2.25 bits per heavy atom. The summed E-state index contributed by atoms with van der Waals surface area (Å²) in [5.41, 5.74) is 6.50. The molecule has 0 bridgehead atoms. The molecule has 3 rings (SSSR count). The number of aryl methyl sites for hydroxylation is 5. The lowest BCUT2D eigenvalue weighted by Gasteiger charge is -2.11. The molecule has 0 saturated heterocycles. The van der Waals surface area contributed by atoms with Crippen molar-refractivity contribution in [1.29, 1.82) is 0 Å². The largest absolute Gasteiger partial charge is 0.289 e. The molecule has 24 heavy (non-hydrogen) atoms. The second-order valence-electron chi connectivity index (χ2n) is 6.46. The molecule has 0 saturated carbocycles. The maximum absolute atomic E-state index is 13.1. The van der Waals surface area contributed by atoms with Crippen LogP contribution in [0.3, 0.4) is 0 Å². The lowest BCUT2D eigenvalue weighted by molar-refractivity contribution is 0.103. The van der Waals surface area contributed by atoms with Crippen molar-refractivity contribution < 1.29 is 4.79 Å². The van der Waals surface area contributed by atoms with E-state index in [4.69, 9.17) is 0 Å². The summed E-state index contributed by atoms with van der Waals surface area (Å²) in [6.07, 6.45) is 1.95. The molecular formula is C22H23OP. The predicted octanol–water partition coefficient (Wildman–Crippen LogP) is 5.66. The maximum Gasteiger partial charge on any atom is 0.194 e. The molecule has 1 unspecified atom stereocenters. The molecule has 1 nitrogen and oxygen atoms in total. The molecular weight excluding hydrogens is 311 g/mol. The molecule has 0 radical (unpaired) electrons. The zero-order valence-electron chi connectivity index (χ0n) is 14.5. The van der Waals surface area contributed by atoms with E-state index in [2.05, 4.69) is 49.1 Å². The topological polar surface area (TPSA) is 17.1 Å².